The number of carbonyl (C=O) groups is 1. The SMILES string of the molecule is O=C([O-])[C]1=CC=C[CH]=[Bi]1=[O]. The number of allylic oxidation sites excluding steroid dienone is 3. The molecule has 0 amide bonds. The summed E-state index contributed by atoms with van der Waals surface area (Å²) in [6.07, 6.45) is 4.51. The first kappa shape index (κ1) is 7.61. The molecule has 0 saturated carbocycles. The molecule has 0 bridgehead atoms. The monoisotopic (exact) mass is 333 g/mol. The van der Waals surface area contributed by atoms with Gasteiger partial charge in [0, 0.05) is 0 Å². The molecular formula is C6H4BiO3-. The first-order valence-electron chi connectivity index (χ1n) is 2.61. The van der Waals surface area contributed by atoms with Crippen LogP contribution >= 0.6 is 0 Å². The fourth-order valence-electron chi connectivity index (χ4n) is 0.586. The molecule has 0 radical (unpaired) electrons. The van der Waals surface area contributed by atoms with Crippen molar-refractivity contribution >= 4 is 30.9 Å². The maximum absolute atomic E-state index is 10.9. The van der Waals surface area contributed by atoms with E-state index in [9.17, 15) is 12.7 Å². The van der Waals surface area contributed by atoms with Gasteiger partial charge in [0.05, 0.1) is 0 Å². The Kier molecular flexibility index (Phi) is 2.33. The zero-order valence-corrected chi connectivity index (χ0v) is 8.46. The van der Waals surface area contributed by atoms with Gasteiger partial charge in [0.1, 0.15) is 0 Å². The third-order valence-corrected chi connectivity index (χ3v) is 5.89. The molecule has 0 fully saturated rings. The van der Waals surface area contributed by atoms with E-state index < -0.39 is 27.2 Å². The Bertz CT molecular complexity index is 292. The summed E-state index contributed by atoms with van der Waals surface area (Å²) in [5.74, 6) is -1.30. The Hall–Kier alpha value is -0.497. The van der Waals surface area contributed by atoms with Gasteiger partial charge in [-0.15, -0.1) is 0 Å². The molecule has 1 heterocycles. The van der Waals surface area contributed by atoms with Crippen LogP contribution in [-0.4, -0.2) is 30.9 Å². The third-order valence-electron chi connectivity index (χ3n) is 1.03. The molecule has 52 valence electrons. The van der Waals surface area contributed by atoms with Crippen LogP contribution in [0.2, 0.25) is 0 Å². The van der Waals surface area contributed by atoms with Gasteiger partial charge in [-0.3, -0.25) is 0 Å². The van der Waals surface area contributed by atoms with Crippen molar-refractivity contribution in [1.82, 2.24) is 0 Å². The quantitative estimate of drug-likeness (QED) is 0.554. The van der Waals surface area contributed by atoms with Crippen molar-refractivity contribution < 1.29 is 12.7 Å². The zero-order chi connectivity index (χ0) is 7.56. The molecule has 1 rings (SSSR count). The predicted molar refractivity (Wildman–Crippen MR) is 34.7 cm³/mol. The van der Waals surface area contributed by atoms with Crippen LogP contribution in [0.4, 0.5) is 0 Å². The van der Waals surface area contributed by atoms with Crippen molar-refractivity contribution in [2.45, 2.75) is 0 Å². The molecule has 3 nitrogen and oxygen atoms in total. The Morgan fingerprint density at radius 3 is 2.60 bits per heavy atom. The van der Waals surface area contributed by atoms with Gasteiger partial charge in [0.15, 0.2) is 0 Å². The van der Waals surface area contributed by atoms with Crippen LogP contribution in [0.5, 0.6) is 0 Å². The summed E-state index contributed by atoms with van der Waals surface area (Å²) in [5.41, 5.74) is 0. The molecule has 1 aliphatic rings. The maximum atomic E-state index is 10.9. The summed E-state index contributed by atoms with van der Waals surface area (Å²) in [4.78, 5) is 10.2. The number of hydrogen-bond acceptors (Lipinski definition) is 3. The Morgan fingerprint density at radius 1 is 1.50 bits per heavy atom. The summed E-state index contributed by atoms with van der Waals surface area (Å²) < 4.78 is 12.4. The van der Waals surface area contributed by atoms with E-state index in [2.05, 4.69) is 0 Å². The van der Waals surface area contributed by atoms with Gasteiger partial charge in [-0.1, -0.05) is 0 Å². The van der Waals surface area contributed by atoms with Crippen LogP contribution in [0.1, 0.15) is 0 Å². The summed E-state index contributed by atoms with van der Waals surface area (Å²) in [6.45, 7) is 0. The van der Waals surface area contributed by atoms with Crippen LogP contribution < -0.4 is 5.11 Å². The van der Waals surface area contributed by atoms with Crippen molar-refractivity contribution in [2.75, 3.05) is 0 Å². The van der Waals surface area contributed by atoms with E-state index in [-0.39, 0.29) is 3.28 Å². The molecule has 0 unspecified atom stereocenters. The van der Waals surface area contributed by atoms with Gasteiger partial charge in [0.25, 0.3) is 0 Å². The fourth-order valence-corrected chi connectivity index (χ4v) is 3.81. The summed E-state index contributed by atoms with van der Waals surface area (Å²) in [7, 11) is 0. The summed E-state index contributed by atoms with van der Waals surface area (Å²) >= 11 is -3.12. The topological polar surface area (TPSA) is 57.2 Å². The number of aliphatic carboxylic acids is 1. The van der Waals surface area contributed by atoms with E-state index in [1.54, 1.807) is 12.2 Å². The van der Waals surface area contributed by atoms with Gasteiger partial charge >= 0.3 is 65.2 Å². The number of hydrogen-bond donors (Lipinski definition) is 0. The Balaban J connectivity index is 3.10. The van der Waals surface area contributed by atoms with Gasteiger partial charge in [-0.2, -0.15) is 0 Å². The first-order valence-corrected chi connectivity index (χ1v) is 7.78. The molecule has 0 aromatic heterocycles. The van der Waals surface area contributed by atoms with E-state index in [4.69, 9.17) is 0 Å². The average Bonchev–Trinajstić information content (AvgIpc) is 1.88. The molecule has 0 aliphatic carbocycles. The Labute approximate surface area is 65.3 Å². The average molecular weight is 333 g/mol. The second-order valence-corrected chi connectivity index (χ2v) is 7.26. The number of rotatable bonds is 1. The van der Waals surface area contributed by atoms with Crippen molar-refractivity contribution in [1.29, 1.82) is 0 Å². The van der Waals surface area contributed by atoms with Crippen LogP contribution in [0.15, 0.2) is 21.5 Å². The molecule has 0 aromatic carbocycles. The first-order chi connectivity index (χ1) is 4.72. The van der Waals surface area contributed by atoms with Gasteiger partial charge in [0.2, 0.25) is 0 Å². The van der Waals surface area contributed by atoms with E-state index in [0.717, 1.165) is 0 Å². The normalized spacial score (nSPS) is 16.0. The zero-order valence-electron chi connectivity index (χ0n) is 4.98. The number of carboxylic acids is 1. The van der Waals surface area contributed by atoms with E-state index >= 15 is 0 Å². The van der Waals surface area contributed by atoms with Crippen molar-refractivity contribution in [2.24, 2.45) is 0 Å². The number of carbonyl (C=O) groups excluding carboxylic acids is 1. The van der Waals surface area contributed by atoms with Crippen molar-refractivity contribution in [3.05, 3.63) is 21.5 Å². The van der Waals surface area contributed by atoms with E-state index in [1.165, 1.54) is 9.78 Å². The van der Waals surface area contributed by atoms with E-state index in [0.29, 0.717) is 0 Å². The molecule has 0 aromatic rings. The second kappa shape index (κ2) is 3.06. The molecule has 4 heteroatoms. The minimum atomic E-state index is -3.12. The second-order valence-electron chi connectivity index (χ2n) is 1.70. The summed E-state index contributed by atoms with van der Waals surface area (Å²) in [6, 6.07) is 0. The predicted octanol–water partition coefficient (Wildman–Crippen LogP) is -1.42. The minimum absolute atomic E-state index is 0.00231. The van der Waals surface area contributed by atoms with Gasteiger partial charge in [-0.25, -0.2) is 0 Å². The molecule has 1 aliphatic heterocycles. The Morgan fingerprint density at radius 2 is 2.20 bits per heavy atom. The van der Waals surface area contributed by atoms with E-state index in [1.807, 2.05) is 0 Å². The molecule has 0 N–H and O–H groups in total. The van der Waals surface area contributed by atoms with Crippen molar-refractivity contribution in [3.63, 3.8) is 0 Å². The van der Waals surface area contributed by atoms with Crippen LogP contribution in [0.25, 0.3) is 0 Å². The molecule has 0 atom stereocenters. The fraction of sp³-hybridized carbons (Fsp3) is 0. The third kappa shape index (κ3) is 1.51. The van der Waals surface area contributed by atoms with Crippen LogP contribution in [-0.2, 0) is 7.61 Å². The van der Waals surface area contributed by atoms with Crippen LogP contribution in [0.3, 0.4) is 0 Å². The molecule has 0 saturated heterocycles. The van der Waals surface area contributed by atoms with Crippen molar-refractivity contribution in [3.8, 4) is 0 Å². The number of carboxylic acid groups (broad SMARTS) is 1. The molecule has 0 spiro atoms. The molecular weight excluding hydrogens is 329 g/mol. The standard InChI is InChI=1S/C6H5O2.Bi.O/c1-2-3-4-5-6(7)8;;/h1-4H,(H,7,8);;/p-1. The van der Waals surface area contributed by atoms with Gasteiger partial charge in [-0.05, 0) is 0 Å². The molecule has 10 heavy (non-hydrogen) atoms. The summed E-state index contributed by atoms with van der Waals surface area (Å²) in [5, 5.41) is 10.2. The van der Waals surface area contributed by atoms with Gasteiger partial charge < -0.3 is 0 Å². The van der Waals surface area contributed by atoms with Crippen LogP contribution in [0, 0.1) is 0 Å².